The molecule has 1 saturated heterocycles. The fourth-order valence-electron chi connectivity index (χ4n) is 2.70. The summed E-state index contributed by atoms with van der Waals surface area (Å²) in [5, 5.41) is 0. The Hall–Kier alpha value is -1.66. The molecule has 5 nitrogen and oxygen atoms in total. The molecule has 2 heterocycles. The number of aromatic nitrogens is 2. The number of hydrogen-bond acceptors (Lipinski definition) is 5. The van der Waals surface area contributed by atoms with Crippen molar-refractivity contribution in [3.05, 3.63) is 46.2 Å². The van der Waals surface area contributed by atoms with Crippen LogP contribution >= 0.6 is 15.9 Å². The van der Waals surface area contributed by atoms with E-state index in [1.54, 1.807) is 0 Å². The van der Waals surface area contributed by atoms with E-state index in [9.17, 15) is 0 Å². The van der Waals surface area contributed by atoms with Gasteiger partial charge in [0, 0.05) is 38.2 Å². The van der Waals surface area contributed by atoms with Gasteiger partial charge in [0.25, 0.3) is 0 Å². The number of ether oxygens (including phenoxy) is 2. The maximum atomic E-state index is 6.07. The highest BCUT2D eigenvalue weighted by atomic mass is 79.9. The fourth-order valence-corrected chi connectivity index (χ4v) is 3.22. The fraction of sp³-hybridized carbons (Fsp3) is 0.444. The van der Waals surface area contributed by atoms with Gasteiger partial charge in [-0.05, 0) is 47.3 Å². The van der Waals surface area contributed by atoms with Gasteiger partial charge >= 0.3 is 0 Å². The van der Waals surface area contributed by atoms with Gasteiger partial charge in [0.15, 0.2) is 0 Å². The van der Waals surface area contributed by atoms with Crippen LogP contribution in [0.15, 0.2) is 35.1 Å². The average molecular weight is 392 g/mol. The molecule has 0 N–H and O–H groups in total. The second kappa shape index (κ2) is 7.94. The molecule has 0 radical (unpaired) electrons. The Bertz CT molecular complexity index is 672. The summed E-state index contributed by atoms with van der Waals surface area (Å²) in [6.07, 6.45) is 6.04. The number of rotatable bonds is 6. The monoisotopic (exact) mass is 391 g/mol. The molecular weight excluding hydrogens is 370 g/mol. The zero-order valence-electron chi connectivity index (χ0n) is 14.0. The van der Waals surface area contributed by atoms with Gasteiger partial charge in [-0.3, -0.25) is 0 Å². The Morgan fingerprint density at radius 3 is 2.83 bits per heavy atom. The minimum atomic E-state index is 0.197. The van der Waals surface area contributed by atoms with Crippen LogP contribution in [0.25, 0.3) is 0 Å². The summed E-state index contributed by atoms with van der Waals surface area (Å²) >= 11 is 3.60. The van der Waals surface area contributed by atoms with Gasteiger partial charge in [0.2, 0.25) is 5.95 Å². The van der Waals surface area contributed by atoms with Crippen LogP contribution in [0.1, 0.15) is 24.0 Å². The minimum absolute atomic E-state index is 0.197. The maximum absolute atomic E-state index is 6.07. The standard InChI is InChI=1S/C18H22BrN3O2/c1-13-9-20-18(21-10-13)22(2)11-14-5-3-7-16(19)17(14)24-12-15-6-4-8-23-15/h3,5,7,9-10,15H,4,6,8,11-12H2,1-2H3. The summed E-state index contributed by atoms with van der Waals surface area (Å²) < 4.78 is 12.7. The van der Waals surface area contributed by atoms with Gasteiger partial charge in [-0.1, -0.05) is 12.1 Å². The van der Waals surface area contributed by atoms with E-state index in [0.717, 1.165) is 40.8 Å². The molecule has 1 aliphatic heterocycles. The molecule has 1 unspecified atom stereocenters. The molecule has 0 spiro atoms. The molecule has 1 aromatic carbocycles. The number of para-hydroxylation sites is 1. The first kappa shape index (κ1) is 17.2. The number of aryl methyl sites for hydroxylation is 1. The predicted octanol–water partition coefficient (Wildman–Crippen LogP) is 3.74. The summed E-state index contributed by atoms with van der Waals surface area (Å²) in [7, 11) is 1.98. The molecule has 0 bridgehead atoms. The lowest BCUT2D eigenvalue weighted by atomic mass is 10.2. The largest absolute Gasteiger partial charge is 0.489 e. The van der Waals surface area contributed by atoms with Crippen molar-refractivity contribution < 1.29 is 9.47 Å². The van der Waals surface area contributed by atoms with Crippen molar-refractivity contribution in [1.82, 2.24) is 9.97 Å². The van der Waals surface area contributed by atoms with Crippen LogP contribution in [0, 0.1) is 6.92 Å². The van der Waals surface area contributed by atoms with E-state index < -0.39 is 0 Å². The molecule has 0 saturated carbocycles. The first-order chi connectivity index (χ1) is 11.6. The second-order valence-electron chi connectivity index (χ2n) is 6.09. The number of benzene rings is 1. The zero-order valence-corrected chi connectivity index (χ0v) is 15.6. The summed E-state index contributed by atoms with van der Waals surface area (Å²) in [6.45, 7) is 4.07. The number of anilines is 1. The Morgan fingerprint density at radius 1 is 1.33 bits per heavy atom. The molecule has 1 fully saturated rings. The molecule has 1 aliphatic rings. The van der Waals surface area contributed by atoms with E-state index in [1.807, 2.05) is 43.4 Å². The molecule has 3 rings (SSSR count). The third-order valence-electron chi connectivity index (χ3n) is 4.00. The van der Waals surface area contributed by atoms with Crippen LogP contribution in [0.3, 0.4) is 0 Å². The normalized spacial score (nSPS) is 17.0. The van der Waals surface area contributed by atoms with Crippen molar-refractivity contribution in [3.63, 3.8) is 0 Å². The Labute approximate surface area is 151 Å². The van der Waals surface area contributed by atoms with E-state index in [2.05, 4.69) is 32.0 Å². The molecule has 128 valence electrons. The van der Waals surface area contributed by atoms with Crippen molar-refractivity contribution >= 4 is 21.9 Å². The molecule has 24 heavy (non-hydrogen) atoms. The SMILES string of the molecule is Cc1cnc(N(C)Cc2cccc(Br)c2OCC2CCCO2)nc1. The molecule has 0 amide bonds. The number of hydrogen-bond donors (Lipinski definition) is 0. The lowest BCUT2D eigenvalue weighted by Gasteiger charge is -2.21. The predicted molar refractivity (Wildman–Crippen MR) is 97.5 cm³/mol. The average Bonchev–Trinajstić information content (AvgIpc) is 3.08. The van der Waals surface area contributed by atoms with Crippen molar-refractivity contribution in [3.8, 4) is 5.75 Å². The Kier molecular flexibility index (Phi) is 5.68. The van der Waals surface area contributed by atoms with Crippen LogP contribution in [-0.2, 0) is 11.3 Å². The summed E-state index contributed by atoms with van der Waals surface area (Å²) in [5.74, 6) is 1.57. The third kappa shape index (κ3) is 4.24. The van der Waals surface area contributed by atoms with Crippen LogP contribution in [0.5, 0.6) is 5.75 Å². The van der Waals surface area contributed by atoms with Gasteiger partial charge in [0.05, 0.1) is 10.6 Å². The van der Waals surface area contributed by atoms with Gasteiger partial charge in [-0.25, -0.2) is 9.97 Å². The van der Waals surface area contributed by atoms with Crippen molar-refractivity contribution in [2.24, 2.45) is 0 Å². The van der Waals surface area contributed by atoms with Crippen LogP contribution < -0.4 is 9.64 Å². The van der Waals surface area contributed by atoms with Gasteiger partial charge < -0.3 is 14.4 Å². The highest BCUT2D eigenvalue weighted by molar-refractivity contribution is 9.10. The third-order valence-corrected chi connectivity index (χ3v) is 4.63. The Balaban J connectivity index is 1.72. The van der Waals surface area contributed by atoms with Crippen molar-refractivity contribution in [2.75, 3.05) is 25.2 Å². The molecular formula is C18H22BrN3O2. The zero-order chi connectivity index (χ0) is 16.9. The molecule has 1 atom stereocenters. The van der Waals surface area contributed by atoms with Gasteiger partial charge in [-0.2, -0.15) is 0 Å². The lowest BCUT2D eigenvalue weighted by molar-refractivity contribution is 0.0673. The summed E-state index contributed by atoms with van der Waals surface area (Å²) in [6, 6.07) is 6.08. The highest BCUT2D eigenvalue weighted by Gasteiger charge is 2.18. The van der Waals surface area contributed by atoms with Crippen molar-refractivity contribution in [2.45, 2.75) is 32.4 Å². The molecule has 0 aliphatic carbocycles. The summed E-state index contributed by atoms with van der Waals surface area (Å²) in [5.41, 5.74) is 2.14. The van der Waals surface area contributed by atoms with Gasteiger partial charge in [-0.15, -0.1) is 0 Å². The number of nitrogens with zero attached hydrogens (tertiary/aromatic N) is 3. The van der Waals surface area contributed by atoms with Crippen LogP contribution in [0.2, 0.25) is 0 Å². The molecule has 2 aromatic rings. The topological polar surface area (TPSA) is 47.5 Å². The quantitative estimate of drug-likeness (QED) is 0.750. The van der Waals surface area contributed by atoms with E-state index in [0.29, 0.717) is 19.1 Å². The van der Waals surface area contributed by atoms with Crippen LogP contribution in [0.4, 0.5) is 5.95 Å². The highest BCUT2D eigenvalue weighted by Crippen LogP contribution is 2.31. The lowest BCUT2D eigenvalue weighted by Crippen LogP contribution is -2.21. The maximum Gasteiger partial charge on any atom is 0.225 e. The first-order valence-electron chi connectivity index (χ1n) is 8.15. The van der Waals surface area contributed by atoms with E-state index >= 15 is 0 Å². The smallest absolute Gasteiger partial charge is 0.225 e. The molecule has 6 heteroatoms. The number of halogens is 1. The van der Waals surface area contributed by atoms with Gasteiger partial charge in [0.1, 0.15) is 12.4 Å². The summed E-state index contributed by atoms with van der Waals surface area (Å²) in [4.78, 5) is 10.8. The van der Waals surface area contributed by atoms with E-state index in [4.69, 9.17) is 9.47 Å². The second-order valence-corrected chi connectivity index (χ2v) is 6.94. The van der Waals surface area contributed by atoms with E-state index in [-0.39, 0.29) is 6.10 Å². The molecule has 1 aromatic heterocycles. The first-order valence-corrected chi connectivity index (χ1v) is 8.94. The minimum Gasteiger partial charge on any atom is -0.489 e. The van der Waals surface area contributed by atoms with Crippen molar-refractivity contribution in [1.29, 1.82) is 0 Å². The van der Waals surface area contributed by atoms with E-state index in [1.165, 1.54) is 0 Å². The Morgan fingerprint density at radius 2 is 2.12 bits per heavy atom. The van der Waals surface area contributed by atoms with Crippen LogP contribution in [-0.4, -0.2) is 36.3 Å².